The second-order valence-electron chi connectivity index (χ2n) is 3.08. The van der Waals surface area contributed by atoms with Crippen LogP contribution < -0.4 is 5.32 Å². The van der Waals surface area contributed by atoms with Crippen LogP contribution in [0.25, 0.3) is 0 Å². The van der Waals surface area contributed by atoms with Crippen LogP contribution in [0.1, 0.15) is 19.8 Å². The van der Waals surface area contributed by atoms with Crippen LogP contribution in [0.3, 0.4) is 0 Å². The lowest BCUT2D eigenvalue weighted by Crippen LogP contribution is -2.46. The van der Waals surface area contributed by atoms with E-state index in [1.807, 2.05) is 0 Å². The highest BCUT2D eigenvalue weighted by Gasteiger charge is 2.34. The molecule has 3 unspecified atom stereocenters. The van der Waals surface area contributed by atoms with E-state index in [1.165, 1.54) is 0 Å². The van der Waals surface area contributed by atoms with E-state index in [1.54, 1.807) is 6.92 Å². The fourth-order valence-electron chi connectivity index (χ4n) is 1.49. The number of hydrogen-bond donors (Lipinski definition) is 3. The summed E-state index contributed by atoms with van der Waals surface area (Å²) in [6.07, 6.45) is -0.0837. The van der Waals surface area contributed by atoms with Gasteiger partial charge in [0.05, 0.1) is 0 Å². The quantitative estimate of drug-likeness (QED) is 0.371. The minimum Gasteiger partial charge on any atom is -0.427 e. The van der Waals surface area contributed by atoms with Gasteiger partial charge in [-0.25, -0.2) is 4.39 Å². The first-order chi connectivity index (χ1) is 5.11. The molecule has 1 saturated heterocycles. The average Bonchev–Trinajstić information content (AvgIpc) is 1.85. The first-order valence-corrected chi connectivity index (χ1v) is 3.87. The molecule has 0 aromatic rings. The van der Waals surface area contributed by atoms with E-state index in [0.717, 1.165) is 0 Å². The molecule has 1 fully saturated rings. The monoisotopic (exact) mass is 161 g/mol. The van der Waals surface area contributed by atoms with E-state index in [-0.39, 0.29) is 11.9 Å². The Labute approximate surface area is 65.8 Å². The molecule has 1 aliphatic heterocycles. The van der Waals surface area contributed by atoms with E-state index in [2.05, 4.69) is 5.32 Å². The lowest BCUT2D eigenvalue weighted by Gasteiger charge is -2.31. The first-order valence-electron chi connectivity index (χ1n) is 3.87. The smallest absolute Gasteiger partial charge is 0.427 e. The molecule has 0 amide bonds. The molecule has 0 saturated carbocycles. The lowest BCUT2D eigenvalue weighted by atomic mass is 9.65. The van der Waals surface area contributed by atoms with E-state index < -0.39 is 13.4 Å². The molecule has 3 atom stereocenters. The predicted molar refractivity (Wildman–Crippen MR) is 40.7 cm³/mol. The van der Waals surface area contributed by atoms with Crippen molar-refractivity contribution < 1.29 is 14.4 Å². The Balaban J connectivity index is 2.44. The lowest BCUT2D eigenvalue weighted by molar-refractivity contribution is 0.179. The van der Waals surface area contributed by atoms with Gasteiger partial charge in [-0.05, 0) is 19.8 Å². The predicted octanol–water partition coefficient (Wildman–Crippen LogP) is -0.103. The zero-order valence-corrected chi connectivity index (χ0v) is 6.50. The molecule has 3 nitrogen and oxygen atoms in total. The van der Waals surface area contributed by atoms with E-state index in [0.29, 0.717) is 12.8 Å². The summed E-state index contributed by atoms with van der Waals surface area (Å²) >= 11 is 0. The zero-order valence-electron chi connectivity index (χ0n) is 6.50. The van der Waals surface area contributed by atoms with Gasteiger partial charge in [0.1, 0.15) is 0 Å². The summed E-state index contributed by atoms with van der Waals surface area (Å²) in [5.74, 6) is -0.234. The molecule has 0 aromatic carbocycles. The van der Waals surface area contributed by atoms with Crippen molar-refractivity contribution in [3.05, 3.63) is 0 Å². The van der Waals surface area contributed by atoms with E-state index in [9.17, 15) is 4.39 Å². The Morgan fingerprint density at radius 1 is 1.45 bits per heavy atom. The second-order valence-corrected chi connectivity index (χ2v) is 3.08. The average molecular weight is 161 g/mol. The summed E-state index contributed by atoms with van der Waals surface area (Å²) in [6.45, 7) is 1.76. The fraction of sp³-hybridized carbons (Fsp3) is 1.00. The molecule has 1 aliphatic rings. The summed E-state index contributed by atoms with van der Waals surface area (Å²) < 4.78 is 12.6. The third-order valence-electron chi connectivity index (χ3n) is 2.22. The summed E-state index contributed by atoms with van der Waals surface area (Å²) in [5, 5.41) is 20.3. The van der Waals surface area contributed by atoms with Crippen LogP contribution >= 0.6 is 0 Å². The van der Waals surface area contributed by atoms with Gasteiger partial charge in [-0.2, -0.15) is 0 Å². The maximum absolute atomic E-state index is 12.6. The van der Waals surface area contributed by atoms with Gasteiger partial charge in [0.2, 0.25) is 0 Å². The minimum atomic E-state index is -1.33. The largest absolute Gasteiger partial charge is 0.456 e. The molecule has 1 heterocycles. The number of piperidine rings is 1. The van der Waals surface area contributed by atoms with Gasteiger partial charge >= 0.3 is 7.12 Å². The fourth-order valence-corrected chi connectivity index (χ4v) is 1.49. The van der Waals surface area contributed by atoms with Crippen molar-refractivity contribution in [2.24, 2.45) is 0 Å². The van der Waals surface area contributed by atoms with Gasteiger partial charge in [-0.3, -0.25) is 5.32 Å². The van der Waals surface area contributed by atoms with Gasteiger partial charge in [-0.1, -0.05) is 0 Å². The Hall–Kier alpha value is -0.125. The maximum atomic E-state index is 12.6. The molecule has 64 valence electrons. The van der Waals surface area contributed by atoms with Crippen LogP contribution in [0.15, 0.2) is 0 Å². The van der Waals surface area contributed by atoms with Gasteiger partial charge < -0.3 is 10.0 Å². The zero-order chi connectivity index (χ0) is 8.43. The van der Waals surface area contributed by atoms with Gasteiger partial charge in [0.15, 0.2) is 6.30 Å². The standard InChI is InChI=1S/C6H13BFNO2/c1-4-5(7(10)11)2-3-6(8)9-4/h4-6,9-11H,2-3H2,1H3. The summed E-state index contributed by atoms with van der Waals surface area (Å²) in [4.78, 5) is 0. The molecule has 0 aromatic heterocycles. The van der Waals surface area contributed by atoms with Crippen molar-refractivity contribution in [1.29, 1.82) is 0 Å². The summed E-state index contributed by atoms with van der Waals surface area (Å²) in [5.41, 5.74) is 0. The molecular weight excluding hydrogens is 148 g/mol. The third-order valence-corrected chi connectivity index (χ3v) is 2.22. The van der Waals surface area contributed by atoms with Crippen LogP contribution in [-0.4, -0.2) is 29.5 Å². The summed E-state index contributed by atoms with van der Waals surface area (Å²) in [6, 6.07) is -0.154. The topological polar surface area (TPSA) is 52.5 Å². The third kappa shape index (κ3) is 2.15. The van der Waals surface area contributed by atoms with Crippen molar-refractivity contribution >= 4 is 7.12 Å². The molecule has 11 heavy (non-hydrogen) atoms. The van der Waals surface area contributed by atoms with Crippen molar-refractivity contribution in [3.8, 4) is 0 Å². The first kappa shape index (κ1) is 8.97. The molecule has 3 N–H and O–H groups in total. The highest BCUT2D eigenvalue weighted by atomic mass is 19.1. The number of halogens is 1. The van der Waals surface area contributed by atoms with E-state index >= 15 is 0 Å². The maximum Gasteiger partial charge on any atom is 0.456 e. The Kier molecular flexibility index (Phi) is 2.87. The molecular formula is C6H13BFNO2. The van der Waals surface area contributed by atoms with Crippen LogP contribution in [0.2, 0.25) is 5.82 Å². The van der Waals surface area contributed by atoms with Crippen molar-refractivity contribution in [2.75, 3.05) is 0 Å². The second kappa shape index (κ2) is 3.52. The van der Waals surface area contributed by atoms with Gasteiger partial charge in [0.25, 0.3) is 0 Å². The molecule has 0 spiro atoms. The number of rotatable bonds is 1. The summed E-state index contributed by atoms with van der Waals surface area (Å²) in [7, 11) is -1.33. The SMILES string of the molecule is CC1NC(F)CCC1B(O)O. The van der Waals surface area contributed by atoms with E-state index in [4.69, 9.17) is 10.0 Å². The minimum absolute atomic E-state index is 0.154. The molecule has 5 heteroatoms. The number of nitrogens with one attached hydrogen (secondary N) is 1. The highest BCUT2D eigenvalue weighted by Crippen LogP contribution is 2.26. The Bertz CT molecular complexity index is 136. The van der Waals surface area contributed by atoms with Crippen LogP contribution in [0, 0.1) is 0 Å². The number of hydrogen-bond acceptors (Lipinski definition) is 3. The highest BCUT2D eigenvalue weighted by molar-refractivity contribution is 6.43. The van der Waals surface area contributed by atoms with Gasteiger partial charge in [-0.15, -0.1) is 0 Å². The van der Waals surface area contributed by atoms with Crippen molar-refractivity contribution in [3.63, 3.8) is 0 Å². The van der Waals surface area contributed by atoms with Gasteiger partial charge in [0, 0.05) is 11.9 Å². The molecule has 1 rings (SSSR count). The molecule has 0 aliphatic carbocycles. The Morgan fingerprint density at radius 2 is 2.09 bits per heavy atom. The van der Waals surface area contributed by atoms with Crippen LogP contribution in [0.4, 0.5) is 4.39 Å². The van der Waals surface area contributed by atoms with Crippen LogP contribution in [-0.2, 0) is 0 Å². The molecule has 0 bridgehead atoms. The normalized spacial score (nSPS) is 38.7. The van der Waals surface area contributed by atoms with Crippen molar-refractivity contribution in [2.45, 2.75) is 37.9 Å². The number of alkyl halides is 1. The Morgan fingerprint density at radius 3 is 2.55 bits per heavy atom. The van der Waals surface area contributed by atoms with Crippen molar-refractivity contribution in [1.82, 2.24) is 5.32 Å². The van der Waals surface area contributed by atoms with Crippen LogP contribution in [0.5, 0.6) is 0 Å². The molecule has 0 radical (unpaired) electrons.